The third-order valence-electron chi connectivity index (χ3n) is 2.35. The molecule has 0 saturated heterocycles. The number of hydrogen-bond donors (Lipinski definition) is 3. The Morgan fingerprint density at radius 1 is 1.62 bits per heavy atom. The van der Waals surface area contributed by atoms with E-state index < -0.39 is 6.10 Å². The molecular formula is C9H17NO3. The third-order valence-corrected chi connectivity index (χ3v) is 2.35. The molecule has 0 aromatic heterocycles. The van der Waals surface area contributed by atoms with Crippen LogP contribution in [0.2, 0.25) is 0 Å². The minimum atomic E-state index is -0.435. The molecule has 1 aliphatic carbocycles. The molecule has 4 heteroatoms. The molecule has 0 radical (unpaired) electrons. The van der Waals surface area contributed by atoms with Gasteiger partial charge in [-0.15, -0.1) is 0 Å². The number of amides is 1. The summed E-state index contributed by atoms with van der Waals surface area (Å²) >= 11 is 0. The van der Waals surface area contributed by atoms with Crippen molar-refractivity contribution in [2.75, 3.05) is 6.61 Å². The summed E-state index contributed by atoms with van der Waals surface area (Å²) < 4.78 is 0. The first-order chi connectivity index (χ1) is 6.08. The first kappa shape index (κ1) is 10.5. The van der Waals surface area contributed by atoms with E-state index in [4.69, 9.17) is 10.2 Å². The number of aliphatic hydroxyl groups excluding tert-OH is 2. The molecule has 1 saturated carbocycles. The fourth-order valence-electron chi connectivity index (χ4n) is 1.17. The van der Waals surface area contributed by atoms with Gasteiger partial charge in [0, 0.05) is 6.42 Å². The quantitative estimate of drug-likeness (QED) is 0.557. The summed E-state index contributed by atoms with van der Waals surface area (Å²) in [6.07, 6.45) is 2.11. The van der Waals surface area contributed by atoms with Crippen LogP contribution in [0.25, 0.3) is 0 Å². The molecule has 0 aromatic rings. The van der Waals surface area contributed by atoms with Crippen molar-refractivity contribution in [1.29, 1.82) is 0 Å². The van der Waals surface area contributed by atoms with Gasteiger partial charge in [-0.05, 0) is 26.2 Å². The molecule has 0 bridgehead atoms. The van der Waals surface area contributed by atoms with Crippen molar-refractivity contribution < 1.29 is 15.0 Å². The van der Waals surface area contributed by atoms with E-state index in [9.17, 15) is 4.79 Å². The van der Waals surface area contributed by atoms with Gasteiger partial charge in [0.25, 0.3) is 0 Å². The van der Waals surface area contributed by atoms with Crippen molar-refractivity contribution in [2.45, 2.75) is 44.2 Å². The molecule has 0 aliphatic heterocycles. The van der Waals surface area contributed by atoms with E-state index in [1.807, 2.05) is 0 Å². The minimum absolute atomic E-state index is 0.0212. The first-order valence-corrected chi connectivity index (χ1v) is 4.68. The predicted molar refractivity (Wildman–Crippen MR) is 48.1 cm³/mol. The Kier molecular flexibility index (Phi) is 3.27. The van der Waals surface area contributed by atoms with E-state index >= 15 is 0 Å². The zero-order chi connectivity index (χ0) is 9.90. The van der Waals surface area contributed by atoms with Gasteiger partial charge in [-0.1, -0.05) is 0 Å². The van der Waals surface area contributed by atoms with Crippen LogP contribution >= 0.6 is 0 Å². The van der Waals surface area contributed by atoms with E-state index in [1.165, 1.54) is 0 Å². The summed E-state index contributed by atoms with van der Waals surface area (Å²) in [5.74, 6) is -0.0764. The van der Waals surface area contributed by atoms with E-state index in [-0.39, 0.29) is 18.1 Å². The maximum Gasteiger partial charge on any atom is 0.220 e. The number of carbonyl (C=O) groups excluding carboxylic acids is 1. The number of carbonyl (C=O) groups is 1. The van der Waals surface area contributed by atoms with Gasteiger partial charge in [-0.3, -0.25) is 4.79 Å². The average Bonchev–Trinajstić information content (AvgIpc) is 2.82. The Balaban J connectivity index is 2.18. The zero-order valence-corrected chi connectivity index (χ0v) is 7.92. The van der Waals surface area contributed by atoms with Crippen LogP contribution in [0.15, 0.2) is 0 Å². The lowest BCUT2D eigenvalue weighted by Crippen LogP contribution is -2.39. The third kappa shape index (κ3) is 3.32. The van der Waals surface area contributed by atoms with Gasteiger partial charge in [0.15, 0.2) is 0 Å². The van der Waals surface area contributed by atoms with Crippen LogP contribution < -0.4 is 5.32 Å². The molecule has 1 rings (SSSR count). The average molecular weight is 187 g/mol. The summed E-state index contributed by atoms with van der Waals surface area (Å²) in [5.41, 5.74) is -0.324. The van der Waals surface area contributed by atoms with Gasteiger partial charge < -0.3 is 15.5 Å². The van der Waals surface area contributed by atoms with Crippen LogP contribution in [0.1, 0.15) is 32.6 Å². The van der Waals surface area contributed by atoms with E-state index in [1.54, 1.807) is 6.92 Å². The van der Waals surface area contributed by atoms with Crippen molar-refractivity contribution in [1.82, 2.24) is 5.32 Å². The molecule has 1 amide bonds. The Labute approximate surface area is 78.0 Å². The van der Waals surface area contributed by atoms with Crippen molar-refractivity contribution in [3.8, 4) is 0 Å². The molecule has 0 heterocycles. The summed E-state index contributed by atoms with van der Waals surface area (Å²) in [5, 5.41) is 20.6. The smallest absolute Gasteiger partial charge is 0.220 e. The molecule has 4 nitrogen and oxygen atoms in total. The summed E-state index contributed by atoms with van der Waals surface area (Å²) in [6, 6.07) is 0. The zero-order valence-electron chi connectivity index (χ0n) is 7.92. The van der Waals surface area contributed by atoms with Gasteiger partial charge in [0.05, 0.1) is 18.2 Å². The second kappa shape index (κ2) is 4.07. The minimum Gasteiger partial charge on any atom is -0.394 e. The Morgan fingerprint density at radius 3 is 2.62 bits per heavy atom. The van der Waals surface area contributed by atoms with Crippen molar-refractivity contribution in [3.63, 3.8) is 0 Å². The van der Waals surface area contributed by atoms with Gasteiger partial charge in [-0.2, -0.15) is 0 Å². The number of hydrogen-bond acceptors (Lipinski definition) is 3. The second-order valence-corrected chi connectivity index (χ2v) is 3.87. The van der Waals surface area contributed by atoms with Crippen LogP contribution in [-0.4, -0.2) is 34.4 Å². The molecule has 0 spiro atoms. The SMILES string of the molecule is CC(O)CCC(=O)NC1(CO)CC1. The lowest BCUT2D eigenvalue weighted by molar-refractivity contribution is -0.122. The lowest BCUT2D eigenvalue weighted by Gasteiger charge is -2.14. The van der Waals surface area contributed by atoms with E-state index in [2.05, 4.69) is 5.32 Å². The molecular weight excluding hydrogens is 170 g/mol. The standard InChI is InChI=1S/C9H17NO3/c1-7(12)2-3-8(13)10-9(6-11)4-5-9/h7,11-12H,2-6H2,1H3,(H,10,13). The highest BCUT2D eigenvalue weighted by molar-refractivity contribution is 5.77. The molecule has 1 aliphatic rings. The molecule has 3 N–H and O–H groups in total. The van der Waals surface area contributed by atoms with Gasteiger partial charge in [0.2, 0.25) is 5.91 Å². The number of aliphatic hydroxyl groups is 2. The summed E-state index contributed by atoms with van der Waals surface area (Å²) in [7, 11) is 0. The molecule has 76 valence electrons. The van der Waals surface area contributed by atoms with Crippen molar-refractivity contribution in [2.24, 2.45) is 0 Å². The van der Waals surface area contributed by atoms with E-state index in [0.717, 1.165) is 12.8 Å². The van der Waals surface area contributed by atoms with Gasteiger partial charge >= 0.3 is 0 Å². The van der Waals surface area contributed by atoms with Crippen LogP contribution in [0.5, 0.6) is 0 Å². The summed E-state index contributed by atoms with van der Waals surface area (Å²) in [4.78, 5) is 11.2. The predicted octanol–water partition coefficient (Wildman–Crippen LogP) is -0.212. The lowest BCUT2D eigenvalue weighted by atomic mass is 10.2. The number of rotatable bonds is 5. The maximum absolute atomic E-state index is 11.2. The largest absolute Gasteiger partial charge is 0.394 e. The topological polar surface area (TPSA) is 69.6 Å². The molecule has 1 atom stereocenters. The Bertz CT molecular complexity index is 187. The van der Waals surface area contributed by atoms with Crippen LogP contribution in [0.4, 0.5) is 0 Å². The van der Waals surface area contributed by atoms with Crippen LogP contribution in [0.3, 0.4) is 0 Å². The Morgan fingerprint density at radius 2 is 2.23 bits per heavy atom. The van der Waals surface area contributed by atoms with Crippen LogP contribution in [-0.2, 0) is 4.79 Å². The van der Waals surface area contributed by atoms with Crippen molar-refractivity contribution in [3.05, 3.63) is 0 Å². The maximum atomic E-state index is 11.2. The molecule has 1 unspecified atom stereocenters. The fourth-order valence-corrected chi connectivity index (χ4v) is 1.17. The number of nitrogens with one attached hydrogen (secondary N) is 1. The monoisotopic (exact) mass is 187 g/mol. The van der Waals surface area contributed by atoms with Crippen molar-refractivity contribution >= 4 is 5.91 Å². The van der Waals surface area contributed by atoms with Gasteiger partial charge in [0.1, 0.15) is 0 Å². The van der Waals surface area contributed by atoms with Crippen LogP contribution in [0, 0.1) is 0 Å². The van der Waals surface area contributed by atoms with Gasteiger partial charge in [-0.25, -0.2) is 0 Å². The highest BCUT2D eigenvalue weighted by atomic mass is 16.3. The highest BCUT2D eigenvalue weighted by Crippen LogP contribution is 2.34. The van der Waals surface area contributed by atoms with E-state index in [0.29, 0.717) is 12.8 Å². The highest BCUT2D eigenvalue weighted by Gasteiger charge is 2.43. The fraction of sp³-hybridized carbons (Fsp3) is 0.889. The summed E-state index contributed by atoms with van der Waals surface area (Å²) in [6.45, 7) is 1.68. The normalized spacial score (nSPS) is 20.8. The second-order valence-electron chi connectivity index (χ2n) is 3.87. The molecule has 13 heavy (non-hydrogen) atoms. The first-order valence-electron chi connectivity index (χ1n) is 4.68. The molecule has 0 aromatic carbocycles. The molecule has 1 fully saturated rings. The Hall–Kier alpha value is -0.610.